The van der Waals surface area contributed by atoms with E-state index in [9.17, 15) is 14.0 Å². The number of urea groups is 1. The molecule has 0 aliphatic rings. The molecule has 0 unspecified atom stereocenters. The van der Waals surface area contributed by atoms with Crippen molar-refractivity contribution in [2.24, 2.45) is 5.92 Å². The van der Waals surface area contributed by atoms with Gasteiger partial charge in [-0.25, -0.2) is 14.0 Å². The number of amides is 2. The van der Waals surface area contributed by atoms with E-state index in [1.54, 1.807) is 32.0 Å². The molecule has 1 atom stereocenters. The van der Waals surface area contributed by atoms with E-state index in [2.05, 4.69) is 10.6 Å². The van der Waals surface area contributed by atoms with Gasteiger partial charge in [-0.2, -0.15) is 0 Å². The van der Waals surface area contributed by atoms with Gasteiger partial charge in [0, 0.05) is 12.1 Å². The molecule has 1 rings (SSSR count). The van der Waals surface area contributed by atoms with Gasteiger partial charge in [0.15, 0.2) is 0 Å². The molecular formula is C13H17FN2O3. The molecule has 104 valence electrons. The first-order valence-corrected chi connectivity index (χ1v) is 5.92. The SMILES string of the molecule is CC(C)[C@H](NC(=O)NCc1ccccc1F)C(=O)O. The highest BCUT2D eigenvalue weighted by Gasteiger charge is 2.23. The maximum atomic E-state index is 13.3. The number of hydrogen-bond donors (Lipinski definition) is 3. The summed E-state index contributed by atoms with van der Waals surface area (Å²) in [5, 5.41) is 13.7. The van der Waals surface area contributed by atoms with E-state index >= 15 is 0 Å². The van der Waals surface area contributed by atoms with Crippen LogP contribution in [-0.4, -0.2) is 23.1 Å². The summed E-state index contributed by atoms with van der Waals surface area (Å²) in [6, 6.07) is 4.45. The van der Waals surface area contributed by atoms with Crippen molar-refractivity contribution < 1.29 is 19.1 Å². The molecule has 0 fully saturated rings. The second-order valence-corrected chi connectivity index (χ2v) is 4.48. The van der Waals surface area contributed by atoms with Crippen LogP contribution >= 0.6 is 0 Å². The van der Waals surface area contributed by atoms with Crippen LogP contribution in [0.4, 0.5) is 9.18 Å². The maximum Gasteiger partial charge on any atom is 0.326 e. The third-order valence-corrected chi connectivity index (χ3v) is 2.62. The molecule has 6 heteroatoms. The van der Waals surface area contributed by atoms with Crippen molar-refractivity contribution in [1.29, 1.82) is 0 Å². The Morgan fingerprint density at radius 2 is 1.95 bits per heavy atom. The van der Waals surface area contributed by atoms with Crippen LogP contribution in [0.25, 0.3) is 0 Å². The fourth-order valence-corrected chi connectivity index (χ4v) is 1.52. The van der Waals surface area contributed by atoms with Crippen molar-refractivity contribution >= 4 is 12.0 Å². The minimum absolute atomic E-state index is 0.00292. The summed E-state index contributed by atoms with van der Waals surface area (Å²) in [6.45, 7) is 3.38. The Kier molecular flexibility index (Phi) is 5.29. The van der Waals surface area contributed by atoms with Gasteiger partial charge in [0.05, 0.1) is 0 Å². The van der Waals surface area contributed by atoms with E-state index in [0.717, 1.165) is 0 Å². The quantitative estimate of drug-likeness (QED) is 0.761. The monoisotopic (exact) mass is 268 g/mol. The van der Waals surface area contributed by atoms with Crippen molar-refractivity contribution in [3.05, 3.63) is 35.6 Å². The molecule has 0 aliphatic carbocycles. The molecule has 0 saturated carbocycles. The summed E-state index contributed by atoms with van der Waals surface area (Å²) in [5.41, 5.74) is 0.342. The summed E-state index contributed by atoms with van der Waals surface area (Å²) >= 11 is 0. The first kappa shape index (κ1) is 14.9. The standard InChI is InChI=1S/C13H17FN2O3/c1-8(2)11(12(17)18)16-13(19)15-7-9-5-3-4-6-10(9)14/h3-6,8,11H,7H2,1-2H3,(H,17,18)(H2,15,16,19)/t11-/m0/s1. The molecule has 1 aromatic carbocycles. The molecule has 0 bridgehead atoms. The smallest absolute Gasteiger partial charge is 0.326 e. The number of aliphatic carboxylic acids is 1. The molecule has 0 spiro atoms. The summed E-state index contributed by atoms with van der Waals surface area (Å²) in [4.78, 5) is 22.4. The van der Waals surface area contributed by atoms with Crippen LogP contribution in [0, 0.1) is 11.7 Å². The zero-order valence-electron chi connectivity index (χ0n) is 10.8. The van der Waals surface area contributed by atoms with Crippen LogP contribution < -0.4 is 10.6 Å². The van der Waals surface area contributed by atoms with Crippen molar-refractivity contribution in [2.45, 2.75) is 26.4 Å². The van der Waals surface area contributed by atoms with Gasteiger partial charge in [-0.05, 0) is 12.0 Å². The Labute approximate surface area is 110 Å². The molecular weight excluding hydrogens is 251 g/mol. The topological polar surface area (TPSA) is 78.4 Å². The van der Waals surface area contributed by atoms with Crippen molar-refractivity contribution in [2.75, 3.05) is 0 Å². The molecule has 0 saturated heterocycles. The van der Waals surface area contributed by atoms with Crippen molar-refractivity contribution in [1.82, 2.24) is 10.6 Å². The number of carbonyl (C=O) groups is 2. The number of benzene rings is 1. The van der Waals surface area contributed by atoms with Crippen molar-refractivity contribution in [3.8, 4) is 0 Å². The molecule has 0 aromatic heterocycles. The molecule has 0 radical (unpaired) electrons. The van der Waals surface area contributed by atoms with Crippen molar-refractivity contribution in [3.63, 3.8) is 0 Å². The number of hydrogen-bond acceptors (Lipinski definition) is 2. The van der Waals surface area contributed by atoms with Gasteiger partial charge in [0.1, 0.15) is 11.9 Å². The van der Waals surface area contributed by atoms with E-state index in [1.165, 1.54) is 6.07 Å². The van der Waals surface area contributed by atoms with Crippen LogP contribution in [0.1, 0.15) is 19.4 Å². The lowest BCUT2D eigenvalue weighted by Gasteiger charge is -2.18. The van der Waals surface area contributed by atoms with E-state index in [1.807, 2.05) is 0 Å². The average Bonchev–Trinajstić information content (AvgIpc) is 2.34. The van der Waals surface area contributed by atoms with Gasteiger partial charge in [-0.3, -0.25) is 0 Å². The Balaban J connectivity index is 2.52. The molecule has 0 aliphatic heterocycles. The lowest BCUT2D eigenvalue weighted by Crippen LogP contribution is -2.48. The molecule has 2 amide bonds. The summed E-state index contributed by atoms with van der Waals surface area (Å²) < 4.78 is 13.3. The predicted molar refractivity (Wildman–Crippen MR) is 68.0 cm³/mol. The summed E-state index contributed by atoms with van der Waals surface area (Å²) in [7, 11) is 0. The third-order valence-electron chi connectivity index (χ3n) is 2.62. The minimum atomic E-state index is -1.10. The fraction of sp³-hybridized carbons (Fsp3) is 0.385. The van der Waals surface area contributed by atoms with Gasteiger partial charge in [-0.15, -0.1) is 0 Å². The van der Waals surface area contributed by atoms with Crippen LogP contribution in [0.3, 0.4) is 0 Å². The molecule has 1 aromatic rings. The highest BCUT2D eigenvalue weighted by Crippen LogP contribution is 2.05. The summed E-state index contributed by atoms with van der Waals surface area (Å²) in [6.07, 6.45) is 0. The zero-order chi connectivity index (χ0) is 14.4. The lowest BCUT2D eigenvalue weighted by molar-refractivity contribution is -0.140. The lowest BCUT2D eigenvalue weighted by atomic mass is 10.1. The number of carbonyl (C=O) groups excluding carboxylic acids is 1. The molecule has 0 heterocycles. The van der Waals surface area contributed by atoms with E-state index < -0.39 is 23.9 Å². The third kappa shape index (κ3) is 4.57. The van der Waals surface area contributed by atoms with Gasteiger partial charge < -0.3 is 15.7 Å². The van der Waals surface area contributed by atoms with Gasteiger partial charge in [0.25, 0.3) is 0 Å². The first-order chi connectivity index (χ1) is 8.91. The van der Waals surface area contributed by atoms with Gasteiger partial charge >= 0.3 is 12.0 Å². The Morgan fingerprint density at radius 3 is 2.47 bits per heavy atom. The Hall–Kier alpha value is -2.11. The molecule has 3 N–H and O–H groups in total. The normalized spacial score (nSPS) is 12.0. The fourth-order valence-electron chi connectivity index (χ4n) is 1.52. The predicted octanol–water partition coefficient (Wildman–Crippen LogP) is 1.73. The number of halogens is 1. The van der Waals surface area contributed by atoms with Crippen LogP contribution in [0.15, 0.2) is 24.3 Å². The van der Waals surface area contributed by atoms with E-state index in [0.29, 0.717) is 5.56 Å². The number of rotatable bonds is 5. The van der Waals surface area contributed by atoms with E-state index in [4.69, 9.17) is 5.11 Å². The number of carboxylic acid groups (broad SMARTS) is 1. The van der Waals surface area contributed by atoms with E-state index in [-0.39, 0.29) is 12.5 Å². The zero-order valence-corrected chi connectivity index (χ0v) is 10.8. The van der Waals surface area contributed by atoms with Crippen LogP contribution in [-0.2, 0) is 11.3 Å². The Bertz CT molecular complexity index is 463. The average molecular weight is 268 g/mol. The Morgan fingerprint density at radius 1 is 1.32 bits per heavy atom. The second-order valence-electron chi connectivity index (χ2n) is 4.48. The highest BCUT2D eigenvalue weighted by molar-refractivity contribution is 5.82. The largest absolute Gasteiger partial charge is 0.480 e. The first-order valence-electron chi connectivity index (χ1n) is 5.92. The van der Waals surface area contributed by atoms with Crippen LogP contribution in [0.2, 0.25) is 0 Å². The highest BCUT2D eigenvalue weighted by atomic mass is 19.1. The molecule has 19 heavy (non-hydrogen) atoms. The summed E-state index contributed by atoms with van der Waals surface area (Å²) in [5.74, 6) is -1.76. The minimum Gasteiger partial charge on any atom is -0.480 e. The van der Waals surface area contributed by atoms with Gasteiger partial charge in [0.2, 0.25) is 0 Å². The van der Waals surface area contributed by atoms with Gasteiger partial charge in [-0.1, -0.05) is 32.0 Å². The molecule has 5 nitrogen and oxygen atoms in total. The van der Waals surface area contributed by atoms with Crippen LogP contribution in [0.5, 0.6) is 0 Å². The number of carboxylic acids is 1. The number of nitrogens with one attached hydrogen (secondary N) is 2. The maximum absolute atomic E-state index is 13.3. The second kappa shape index (κ2) is 6.72.